The van der Waals surface area contributed by atoms with Crippen molar-refractivity contribution in [3.05, 3.63) is 52.9 Å². The average Bonchev–Trinajstić information content (AvgIpc) is 2.91. The van der Waals surface area contributed by atoms with Crippen LogP contribution < -0.4 is 5.32 Å². The molecule has 0 aliphatic carbocycles. The number of aryl methyl sites for hydroxylation is 1. The Bertz CT molecular complexity index is 860. The molecule has 5 nitrogen and oxygen atoms in total. The lowest BCUT2D eigenvalue weighted by molar-refractivity contribution is -0.137. The van der Waals surface area contributed by atoms with E-state index in [1.807, 2.05) is 6.92 Å². The highest BCUT2D eigenvalue weighted by Gasteiger charge is 2.30. The molecule has 1 aromatic carbocycles. The van der Waals surface area contributed by atoms with Gasteiger partial charge in [-0.1, -0.05) is 6.07 Å². The van der Waals surface area contributed by atoms with Crippen LogP contribution >= 0.6 is 0 Å². The normalized spacial score (nSPS) is 11.9. The summed E-state index contributed by atoms with van der Waals surface area (Å²) < 4.78 is 39.8. The van der Waals surface area contributed by atoms with Crippen LogP contribution in [0.2, 0.25) is 0 Å². The second kappa shape index (κ2) is 7.21. The van der Waals surface area contributed by atoms with Crippen LogP contribution in [0.1, 0.15) is 23.7 Å². The van der Waals surface area contributed by atoms with E-state index in [9.17, 15) is 23.2 Å². The second-order valence-electron chi connectivity index (χ2n) is 5.20. The molecule has 0 saturated heterocycles. The number of hydrogen-bond donors (Lipinski definition) is 1. The average molecular weight is 348 g/mol. The van der Waals surface area contributed by atoms with Gasteiger partial charge in [0.05, 0.1) is 11.8 Å². The molecule has 1 amide bonds. The van der Waals surface area contributed by atoms with Gasteiger partial charge in [0.25, 0.3) is 5.91 Å². The molecule has 25 heavy (non-hydrogen) atoms. The van der Waals surface area contributed by atoms with Crippen molar-refractivity contribution < 1.29 is 18.0 Å². The summed E-state index contributed by atoms with van der Waals surface area (Å²) in [6, 6.07) is 5.98. The number of rotatable bonds is 4. The van der Waals surface area contributed by atoms with Gasteiger partial charge in [0.1, 0.15) is 11.6 Å². The fourth-order valence-corrected chi connectivity index (χ4v) is 2.20. The van der Waals surface area contributed by atoms with E-state index in [-0.39, 0.29) is 11.3 Å². The van der Waals surface area contributed by atoms with Gasteiger partial charge in [-0.15, -0.1) is 0 Å². The van der Waals surface area contributed by atoms with Gasteiger partial charge in [0.15, 0.2) is 0 Å². The van der Waals surface area contributed by atoms with Gasteiger partial charge in [-0.05, 0) is 38.1 Å². The van der Waals surface area contributed by atoms with Crippen molar-refractivity contribution in [3.8, 4) is 6.07 Å². The Kier molecular flexibility index (Phi) is 5.27. The number of carbonyl (C=O) groups excluding carboxylic acids is 1. The Balaban J connectivity index is 2.25. The van der Waals surface area contributed by atoms with Crippen LogP contribution in [0.15, 0.2) is 36.0 Å². The van der Waals surface area contributed by atoms with E-state index >= 15 is 0 Å². The van der Waals surface area contributed by atoms with E-state index in [0.29, 0.717) is 12.1 Å². The Labute approximate surface area is 142 Å². The number of carbonyl (C=O) groups is 1. The molecule has 130 valence electrons. The van der Waals surface area contributed by atoms with Crippen molar-refractivity contribution in [3.63, 3.8) is 0 Å². The second-order valence-corrected chi connectivity index (χ2v) is 5.20. The molecule has 0 fully saturated rings. The molecule has 1 aromatic heterocycles. The van der Waals surface area contributed by atoms with Crippen LogP contribution in [-0.2, 0) is 17.5 Å². The first-order chi connectivity index (χ1) is 11.8. The molecule has 0 radical (unpaired) electrons. The first kappa shape index (κ1) is 18.3. The number of nitrogens with one attached hydrogen (secondary N) is 1. The van der Waals surface area contributed by atoms with Crippen molar-refractivity contribution in [1.82, 2.24) is 9.78 Å². The van der Waals surface area contributed by atoms with Crippen LogP contribution in [0.25, 0.3) is 6.08 Å². The lowest BCUT2D eigenvalue weighted by atomic mass is 10.1. The summed E-state index contributed by atoms with van der Waals surface area (Å²) in [7, 11) is 0. The van der Waals surface area contributed by atoms with E-state index in [1.165, 1.54) is 24.4 Å². The molecule has 0 bridgehead atoms. The molecule has 1 N–H and O–H groups in total. The van der Waals surface area contributed by atoms with Crippen molar-refractivity contribution >= 4 is 17.7 Å². The van der Waals surface area contributed by atoms with Crippen molar-refractivity contribution in [1.29, 1.82) is 5.26 Å². The fraction of sp³-hybridized carbons (Fsp3) is 0.235. The van der Waals surface area contributed by atoms with Gasteiger partial charge >= 0.3 is 6.18 Å². The molecule has 0 spiro atoms. The van der Waals surface area contributed by atoms with Gasteiger partial charge in [-0.3, -0.25) is 9.48 Å². The van der Waals surface area contributed by atoms with E-state index in [4.69, 9.17) is 0 Å². The van der Waals surface area contributed by atoms with Crippen molar-refractivity contribution in [2.75, 3.05) is 5.32 Å². The summed E-state index contributed by atoms with van der Waals surface area (Å²) in [5, 5.41) is 15.6. The minimum absolute atomic E-state index is 0.0399. The van der Waals surface area contributed by atoms with Crippen LogP contribution in [-0.4, -0.2) is 15.7 Å². The van der Waals surface area contributed by atoms with E-state index in [0.717, 1.165) is 17.8 Å². The van der Waals surface area contributed by atoms with E-state index in [1.54, 1.807) is 17.7 Å². The molecular weight excluding hydrogens is 333 g/mol. The topological polar surface area (TPSA) is 70.7 Å². The smallest absolute Gasteiger partial charge is 0.321 e. The zero-order chi connectivity index (χ0) is 18.6. The Morgan fingerprint density at radius 1 is 1.44 bits per heavy atom. The molecule has 2 rings (SSSR count). The fourth-order valence-electron chi connectivity index (χ4n) is 2.20. The predicted octanol–water partition coefficient (Wildman–Crippen LogP) is 3.78. The number of aromatic nitrogens is 2. The molecule has 0 atom stereocenters. The summed E-state index contributed by atoms with van der Waals surface area (Å²) in [5.74, 6) is -0.787. The molecule has 0 unspecified atom stereocenters. The maximum Gasteiger partial charge on any atom is 0.416 e. The molecular formula is C17H15F3N4O. The molecule has 0 saturated carbocycles. The summed E-state index contributed by atoms with van der Waals surface area (Å²) in [6.07, 6.45) is -1.63. The highest BCUT2D eigenvalue weighted by Crippen LogP contribution is 2.30. The zero-order valence-electron chi connectivity index (χ0n) is 13.6. The summed E-state index contributed by atoms with van der Waals surface area (Å²) >= 11 is 0. The van der Waals surface area contributed by atoms with Gasteiger partial charge < -0.3 is 5.32 Å². The maximum absolute atomic E-state index is 12.7. The lowest BCUT2D eigenvalue weighted by Gasteiger charge is -2.09. The number of benzene rings is 1. The van der Waals surface area contributed by atoms with Gasteiger partial charge in [-0.2, -0.15) is 23.5 Å². The summed E-state index contributed by atoms with van der Waals surface area (Å²) in [4.78, 5) is 12.2. The molecule has 0 aliphatic heterocycles. The Morgan fingerprint density at radius 3 is 2.72 bits per heavy atom. The lowest BCUT2D eigenvalue weighted by Crippen LogP contribution is -2.14. The van der Waals surface area contributed by atoms with Gasteiger partial charge in [-0.25, -0.2) is 0 Å². The largest absolute Gasteiger partial charge is 0.416 e. The van der Waals surface area contributed by atoms with Crippen LogP contribution in [0.4, 0.5) is 18.9 Å². The third kappa shape index (κ3) is 4.26. The SMILES string of the molecule is CCn1ncc(/C=C(\C#N)C(=O)Nc2cccc(C(F)(F)F)c2)c1C. The van der Waals surface area contributed by atoms with Crippen molar-refractivity contribution in [2.45, 2.75) is 26.6 Å². The molecule has 0 aliphatic rings. The Morgan fingerprint density at radius 2 is 2.16 bits per heavy atom. The highest BCUT2D eigenvalue weighted by molar-refractivity contribution is 6.09. The first-order valence-corrected chi connectivity index (χ1v) is 7.39. The number of amides is 1. The zero-order valence-corrected chi connectivity index (χ0v) is 13.6. The number of nitriles is 1. The third-order valence-corrected chi connectivity index (χ3v) is 3.55. The van der Waals surface area contributed by atoms with Crippen LogP contribution in [0, 0.1) is 18.3 Å². The van der Waals surface area contributed by atoms with Crippen molar-refractivity contribution in [2.24, 2.45) is 0 Å². The van der Waals surface area contributed by atoms with Crippen LogP contribution in [0.5, 0.6) is 0 Å². The minimum atomic E-state index is -4.51. The number of nitrogens with zero attached hydrogens (tertiary/aromatic N) is 3. The molecule has 8 heteroatoms. The molecule has 2 aromatic rings. The van der Waals surface area contributed by atoms with E-state index < -0.39 is 17.6 Å². The first-order valence-electron chi connectivity index (χ1n) is 7.39. The number of halogens is 3. The van der Waals surface area contributed by atoms with Crippen LogP contribution in [0.3, 0.4) is 0 Å². The number of alkyl halides is 3. The Hall–Kier alpha value is -3.08. The number of hydrogen-bond acceptors (Lipinski definition) is 3. The quantitative estimate of drug-likeness (QED) is 0.675. The highest BCUT2D eigenvalue weighted by atomic mass is 19.4. The van der Waals surface area contributed by atoms with E-state index in [2.05, 4.69) is 10.4 Å². The van der Waals surface area contributed by atoms with Gasteiger partial charge in [0, 0.05) is 23.5 Å². The molecule has 1 heterocycles. The predicted molar refractivity (Wildman–Crippen MR) is 86.3 cm³/mol. The van der Waals surface area contributed by atoms with Gasteiger partial charge in [0.2, 0.25) is 0 Å². The monoisotopic (exact) mass is 348 g/mol. The third-order valence-electron chi connectivity index (χ3n) is 3.55. The maximum atomic E-state index is 12.7. The summed E-state index contributed by atoms with van der Waals surface area (Å²) in [5.41, 5.74) is 0.227. The standard InChI is InChI=1S/C17H15F3N4O/c1-3-24-11(2)13(10-22-24)7-12(9-21)16(25)23-15-6-4-5-14(8-15)17(18,19)20/h4-8,10H,3H2,1-2H3,(H,23,25)/b12-7+. The summed E-state index contributed by atoms with van der Waals surface area (Å²) in [6.45, 7) is 4.33. The number of anilines is 1. The minimum Gasteiger partial charge on any atom is -0.321 e.